The van der Waals surface area contributed by atoms with Crippen LogP contribution in [0.15, 0.2) is 48.2 Å². The third kappa shape index (κ3) is 4.66. The number of non-ortho nitro benzene ring substituents is 1. The molecule has 4 rings (SSSR count). The summed E-state index contributed by atoms with van der Waals surface area (Å²) in [6, 6.07) is 9.06. The molecule has 1 saturated heterocycles. The molecule has 0 unspecified atom stereocenters. The van der Waals surface area contributed by atoms with E-state index in [0.717, 1.165) is 34.7 Å². The molecule has 0 bridgehead atoms. The van der Waals surface area contributed by atoms with Gasteiger partial charge in [-0.15, -0.1) is 0 Å². The van der Waals surface area contributed by atoms with E-state index in [1.807, 2.05) is 12.1 Å². The fraction of sp³-hybridized carbons (Fsp3) is 0.308. The van der Waals surface area contributed by atoms with E-state index in [4.69, 9.17) is 11.6 Å². The molecule has 0 spiro atoms. The minimum atomic E-state index is -0.555. The Labute approximate surface area is 209 Å². The molecule has 182 valence electrons. The quantitative estimate of drug-likeness (QED) is 0.238. The number of benzene rings is 2. The number of halogens is 1. The van der Waals surface area contributed by atoms with E-state index in [0.29, 0.717) is 16.1 Å². The van der Waals surface area contributed by atoms with Gasteiger partial charge in [-0.05, 0) is 62.1 Å². The van der Waals surface area contributed by atoms with Gasteiger partial charge in [-0.2, -0.15) is 0 Å². The summed E-state index contributed by atoms with van der Waals surface area (Å²) in [5.74, 6) is -0.483. The highest BCUT2D eigenvalue weighted by molar-refractivity contribution is 6.32. The van der Waals surface area contributed by atoms with Gasteiger partial charge < -0.3 is 10.2 Å². The fourth-order valence-corrected chi connectivity index (χ4v) is 4.85. The molecule has 1 N–H and O–H groups in total. The van der Waals surface area contributed by atoms with Crippen molar-refractivity contribution in [2.24, 2.45) is 0 Å². The first-order valence-electron chi connectivity index (χ1n) is 11.4. The van der Waals surface area contributed by atoms with Crippen molar-refractivity contribution in [2.75, 3.05) is 11.4 Å². The third-order valence-corrected chi connectivity index (χ3v) is 6.62. The second kappa shape index (κ2) is 9.19. The molecule has 2 heterocycles. The number of imide groups is 1. The normalized spacial score (nSPS) is 18.0. The van der Waals surface area contributed by atoms with E-state index >= 15 is 0 Å². The highest BCUT2D eigenvalue weighted by Gasteiger charge is 2.35. The Bertz CT molecular complexity index is 1280. The summed E-state index contributed by atoms with van der Waals surface area (Å²) in [5.41, 5.74) is 4.36. The Morgan fingerprint density at radius 1 is 1.17 bits per heavy atom. The lowest BCUT2D eigenvalue weighted by Gasteiger charge is -2.43. The van der Waals surface area contributed by atoms with Crippen molar-refractivity contribution < 1.29 is 14.5 Å². The zero-order chi connectivity index (χ0) is 25.5. The molecule has 3 amide bonds. The zero-order valence-electron chi connectivity index (χ0n) is 20.1. The molecule has 2 aliphatic rings. The summed E-state index contributed by atoms with van der Waals surface area (Å²) in [4.78, 5) is 39.2. The third-order valence-electron chi connectivity index (χ3n) is 6.29. The number of nitrogens with one attached hydrogen (secondary N) is 1. The predicted molar refractivity (Wildman–Crippen MR) is 137 cm³/mol. The molecule has 0 saturated carbocycles. The predicted octanol–water partition coefficient (Wildman–Crippen LogP) is 5.75. The number of hydrogen-bond donors (Lipinski definition) is 1. The van der Waals surface area contributed by atoms with E-state index in [2.05, 4.69) is 44.0 Å². The van der Waals surface area contributed by atoms with Crippen molar-refractivity contribution in [1.29, 1.82) is 0 Å². The molecule has 2 aliphatic heterocycles. The first-order chi connectivity index (χ1) is 16.5. The Morgan fingerprint density at radius 3 is 2.49 bits per heavy atom. The number of allylic oxidation sites excluding steroid dienone is 1. The average molecular weight is 495 g/mol. The summed E-state index contributed by atoms with van der Waals surface area (Å²) >= 11 is 6.65. The van der Waals surface area contributed by atoms with Gasteiger partial charge in [0, 0.05) is 35.0 Å². The van der Waals surface area contributed by atoms with Gasteiger partial charge in [-0.25, -0.2) is 4.79 Å². The van der Waals surface area contributed by atoms with E-state index in [9.17, 15) is 19.7 Å². The Kier molecular flexibility index (Phi) is 6.42. The second-order valence-corrected chi connectivity index (χ2v) is 9.73. The highest BCUT2D eigenvalue weighted by atomic mass is 35.5. The molecule has 2 aromatic carbocycles. The van der Waals surface area contributed by atoms with Crippen LogP contribution < -0.4 is 10.2 Å². The minimum absolute atomic E-state index is 0.000821. The molecular formula is C26H27ClN4O4. The maximum atomic E-state index is 13.0. The number of nitrogens with zero attached hydrogens (tertiary/aromatic N) is 3. The summed E-state index contributed by atoms with van der Waals surface area (Å²) in [6.45, 7) is 9.42. The van der Waals surface area contributed by atoms with Crippen molar-refractivity contribution in [3.63, 3.8) is 0 Å². The molecule has 0 atom stereocenters. The van der Waals surface area contributed by atoms with Gasteiger partial charge in [-0.3, -0.25) is 19.8 Å². The number of carbonyl (C=O) groups is 2. The van der Waals surface area contributed by atoms with E-state index < -0.39 is 16.9 Å². The lowest BCUT2D eigenvalue weighted by molar-refractivity contribution is -0.384. The summed E-state index contributed by atoms with van der Waals surface area (Å²) in [5, 5.41) is 14.0. The summed E-state index contributed by atoms with van der Waals surface area (Å²) < 4.78 is 0. The van der Waals surface area contributed by atoms with Crippen LogP contribution in [0.2, 0.25) is 5.02 Å². The fourth-order valence-electron chi connectivity index (χ4n) is 4.63. The monoisotopic (exact) mass is 494 g/mol. The highest BCUT2D eigenvalue weighted by Crippen LogP contribution is 2.42. The van der Waals surface area contributed by atoms with Crippen molar-refractivity contribution >= 4 is 46.6 Å². The zero-order valence-corrected chi connectivity index (χ0v) is 20.8. The van der Waals surface area contributed by atoms with Gasteiger partial charge in [0.1, 0.15) is 5.70 Å². The van der Waals surface area contributed by atoms with Gasteiger partial charge in [0.2, 0.25) is 0 Å². The van der Waals surface area contributed by atoms with Crippen LogP contribution in [0.1, 0.15) is 50.8 Å². The lowest BCUT2D eigenvalue weighted by atomic mass is 9.87. The number of carbonyl (C=O) groups excluding carboxylic acids is 2. The van der Waals surface area contributed by atoms with Crippen LogP contribution in [-0.2, 0) is 11.3 Å². The molecule has 8 nitrogen and oxygen atoms in total. The van der Waals surface area contributed by atoms with Crippen LogP contribution in [0.3, 0.4) is 0 Å². The summed E-state index contributed by atoms with van der Waals surface area (Å²) in [7, 11) is 0. The minimum Gasteiger partial charge on any atom is -0.362 e. The van der Waals surface area contributed by atoms with E-state index in [1.165, 1.54) is 24.3 Å². The average Bonchev–Trinajstić information content (AvgIpc) is 3.05. The number of amides is 3. The number of hydrogen-bond acceptors (Lipinski definition) is 5. The van der Waals surface area contributed by atoms with Gasteiger partial charge in [0.25, 0.3) is 11.6 Å². The first-order valence-corrected chi connectivity index (χ1v) is 11.8. The Hall–Kier alpha value is -3.65. The maximum absolute atomic E-state index is 13.0. The molecule has 9 heteroatoms. The number of fused-ring (bicyclic) bond motifs is 1. The van der Waals surface area contributed by atoms with Crippen LogP contribution in [-0.4, -0.2) is 33.8 Å². The van der Waals surface area contributed by atoms with Gasteiger partial charge in [0.05, 0.1) is 17.0 Å². The number of anilines is 1. The van der Waals surface area contributed by atoms with Crippen molar-refractivity contribution in [3.05, 3.63) is 80.0 Å². The molecule has 35 heavy (non-hydrogen) atoms. The van der Waals surface area contributed by atoms with E-state index in [1.54, 1.807) is 6.08 Å². The van der Waals surface area contributed by atoms with Gasteiger partial charge >= 0.3 is 6.03 Å². The molecule has 0 aliphatic carbocycles. The van der Waals surface area contributed by atoms with Crippen molar-refractivity contribution in [1.82, 2.24) is 10.2 Å². The standard InChI is InChI=1S/C26H27ClN4O4/c1-5-10-30-23-13-21(27)18(11-20(23)16(2)14-26(30,3)4)12-22-24(32)29(25(33)28-22)15-17-6-8-19(9-7-17)31(34)35/h6-9,11-14H,5,10,15H2,1-4H3,(H,28,33)/b22-12+. The van der Waals surface area contributed by atoms with Crippen molar-refractivity contribution in [2.45, 2.75) is 46.2 Å². The summed E-state index contributed by atoms with van der Waals surface area (Å²) in [6.07, 6.45) is 4.81. The Balaban J connectivity index is 1.63. The second-order valence-electron chi connectivity index (χ2n) is 9.33. The number of urea groups is 1. The van der Waals surface area contributed by atoms with Crippen LogP contribution in [0.25, 0.3) is 11.6 Å². The smallest absolute Gasteiger partial charge is 0.329 e. The van der Waals surface area contributed by atoms with Gasteiger partial charge in [0.15, 0.2) is 0 Å². The van der Waals surface area contributed by atoms with Gasteiger partial charge in [-0.1, -0.05) is 36.7 Å². The number of nitro benzene ring substituents is 1. The number of nitro groups is 1. The van der Waals surface area contributed by atoms with Crippen LogP contribution in [0.4, 0.5) is 16.2 Å². The topological polar surface area (TPSA) is 95.8 Å². The largest absolute Gasteiger partial charge is 0.362 e. The van der Waals surface area contributed by atoms with Crippen molar-refractivity contribution in [3.8, 4) is 0 Å². The van der Waals surface area contributed by atoms with E-state index in [-0.39, 0.29) is 23.5 Å². The van der Waals surface area contributed by atoms with Crippen LogP contribution in [0.5, 0.6) is 0 Å². The Morgan fingerprint density at radius 2 is 1.86 bits per heavy atom. The molecule has 2 aromatic rings. The maximum Gasteiger partial charge on any atom is 0.329 e. The molecular weight excluding hydrogens is 468 g/mol. The molecule has 1 fully saturated rings. The molecule has 0 aromatic heterocycles. The lowest BCUT2D eigenvalue weighted by Crippen LogP contribution is -2.45. The first kappa shape index (κ1) is 24.5. The molecule has 0 radical (unpaired) electrons. The number of rotatable bonds is 6. The van der Waals surface area contributed by atoms with Crippen LogP contribution in [0, 0.1) is 10.1 Å². The SMILES string of the molecule is CCCN1c2cc(Cl)c(/C=C3/NC(=O)N(Cc4ccc([N+](=O)[O-])cc4)C3=O)cc2C(C)=CC1(C)C. The van der Waals surface area contributed by atoms with Crippen LogP contribution >= 0.6 is 11.6 Å².